The Hall–Kier alpha value is -0.800. The number of hydrogen-bond donors (Lipinski definition) is 1. The number of hydrogen-bond acceptors (Lipinski definition) is 3. The molecule has 0 fully saturated rings. The zero-order valence-electron chi connectivity index (χ0n) is 9.55. The molecule has 0 amide bonds. The summed E-state index contributed by atoms with van der Waals surface area (Å²) in [5, 5.41) is 3.69. The van der Waals surface area contributed by atoms with E-state index in [4.69, 9.17) is 11.6 Å². The first-order chi connectivity index (χ1) is 7.17. The number of nitrogens with one attached hydrogen (secondary N) is 1. The minimum absolute atomic E-state index is 0.563. The minimum atomic E-state index is 0.563. The average Bonchev–Trinajstić information content (AvgIpc) is 2.17. The van der Waals surface area contributed by atoms with Crippen molar-refractivity contribution >= 4 is 17.4 Å². The van der Waals surface area contributed by atoms with Crippen LogP contribution in [-0.2, 0) is 0 Å². The molecule has 0 atom stereocenters. The van der Waals surface area contributed by atoms with Crippen molar-refractivity contribution in [3.63, 3.8) is 0 Å². The van der Waals surface area contributed by atoms with Gasteiger partial charge >= 0.3 is 0 Å². The Bertz CT molecular complexity index is 294. The average molecular weight is 228 g/mol. The molecule has 15 heavy (non-hydrogen) atoms. The second-order valence-electron chi connectivity index (χ2n) is 3.51. The normalized spacial score (nSPS) is 10.4. The van der Waals surface area contributed by atoms with Gasteiger partial charge in [0.1, 0.15) is 11.0 Å². The maximum atomic E-state index is 5.93. The lowest BCUT2D eigenvalue weighted by Crippen LogP contribution is -2.31. The highest BCUT2D eigenvalue weighted by molar-refractivity contribution is 6.29. The molecule has 1 rings (SSSR count). The summed E-state index contributed by atoms with van der Waals surface area (Å²) >= 11 is 5.93. The Kier molecular flexibility index (Phi) is 4.85. The van der Waals surface area contributed by atoms with Gasteiger partial charge in [-0.15, -0.1) is 0 Å². The van der Waals surface area contributed by atoms with Gasteiger partial charge in [0.15, 0.2) is 0 Å². The zero-order chi connectivity index (χ0) is 11.3. The number of rotatable bonds is 5. The quantitative estimate of drug-likeness (QED) is 0.781. The van der Waals surface area contributed by atoms with Crippen molar-refractivity contribution in [2.24, 2.45) is 0 Å². The highest BCUT2D eigenvalue weighted by Gasteiger charge is 2.06. The van der Waals surface area contributed by atoms with Crippen LogP contribution >= 0.6 is 11.6 Å². The number of likely N-dealkylation sites (N-methyl/N-ethyl adjacent to an activating group) is 2. The molecule has 0 aliphatic rings. The van der Waals surface area contributed by atoms with E-state index in [0.717, 1.165) is 31.0 Å². The summed E-state index contributed by atoms with van der Waals surface area (Å²) in [4.78, 5) is 6.53. The largest absolute Gasteiger partial charge is 0.356 e. The highest BCUT2D eigenvalue weighted by Crippen LogP contribution is 2.17. The monoisotopic (exact) mass is 227 g/mol. The van der Waals surface area contributed by atoms with Gasteiger partial charge in [-0.1, -0.05) is 11.6 Å². The topological polar surface area (TPSA) is 28.2 Å². The van der Waals surface area contributed by atoms with E-state index in [1.165, 1.54) is 0 Å². The van der Waals surface area contributed by atoms with Gasteiger partial charge in [0.25, 0.3) is 0 Å². The van der Waals surface area contributed by atoms with E-state index >= 15 is 0 Å². The number of nitrogens with zero attached hydrogens (tertiary/aromatic N) is 2. The van der Waals surface area contributed by atoms with E-state index in [1.807, 2.05) is 20.0 Å². The first-order valence-corrected chi connectivity index (χ1v) is 5.59. The molecule has 3 nitrogen and oxygen atoms in total. The molecule has 1 N–H and O–H groups in total. The summed E-state index contributed by atoms with van der Waals surface area (Å²) < 4.78 is 0. The van der Waals surface area contributed by atoms with Crippen molar-refractivity contribution < 1.29 is 0 Å². The second-order valence-corrected chi connectivity index (χ2v) is 3.90. The van der Waals surface area contributed by atoms with E-state index in [-0.39, 0.29) is 0 Å². The van der Waals surface area contributed by atoms with Gasteiger partial charge in [-0.2, -0.15) is 0 Å². The first kappa shape index (κ1) is 12.3. The fraction of sp³-hybridized carbons (Fsp3) is 0.545. The number of aromatic nitrogens is 1. The lowest BCUT2D eigenvalue weighted by Gasteiger charge is -2.22. The van der Waals surface area contributed by atoms with Crippen molar-refractivity contribution in [1.82, 2.24) is 10.3 Å². The van der Waals surface area contributed by atoms with Gasteiger partial charge in [0.2, 0.25) is 0 Å². The van der Waals surface area contributed by atoms with E-state index in [1.54, 1.807) is 0 Å². The molecule has 84 valence electrons. The van der Waals surface area contributed by atoms with Crippen molar-refractivity contribution in [2.45, 2.75) is 13.8 Å². The Morgan fingerprint density at radius 1 is 1.47 bits per heavy atom. The fourth-order valence-electron chi connectivity index (χ4n) is 1.45. The Balaban J connectivity index is 2.81. The molecule has 4 heteroatoms. The van der Waals surface area contributed by atoms with Crippen LogP contribution in [0.2, 0.25) is 5.15 Å². The van der Waals surface area contributed by atoms with Crippen molar-refractivity contribution in [3.8, 4) is 0 Å². The van der Waals surface area contributed by atoms with Crippen LogP contribution in [-0.4, -0.2) is 31.7 Å². The predicted molar refractivity (Wildman–Crippen MR) is 65.8 cm³/mol. The first-order valence-electron chi connectivity index (χ1n) is 5.21. The molecule has 1 aromatic rings. The van der Waals surface area contributed by atoms with E-state index in [2.05, 4.69) is 28.2 Å². The fourth-order valence-corrected chi connectivity index (χ4v) is 1.71. The lowest BCUT2D eigenvalue weighted by molar-refractivity contribution is 0.729. The number of pyridine rings is 1. The van der Waals surface area contributed by atoms with Gasteiger partial charge < -0.3 is 10.2 Å². The van der Waals surface area contributed by atoms with E-state index in [9.17, 15) is 0 Å². The van der Waals surface area contributed by atoms with Crippen molar-refractivity contribution in [2.75, 3.05) is 31.6 Å². The molecule has 0 bridgehead atoms. The van der Waals surface area contributed by atoms with Crippen LogP contribution < -0.4 is 10.2 Å². The summed E-state index contributed by atoms with van der Waals surface area (Å²) in [6.07, 6.45) is 0. The number of aryl methyl sites for hydroxylation is 1. The van der Waals surface area contributed by atoms with Crippen LogP contribution in [0.5, 0.6) is 0 Å². The Labute approximate surface area is 96.5 Å². The third kappa shape index (κ3) is 3.68. The summed E-state index contributed by atoms with van der Waals surface area (Å²) in [7, 11) is 1.95. The summed E-state index contributed by atoms with van der Waals surface area (Å²) in [5.74, 6) is 0.956. The van der Waals surface area contributed by atoms with Crippen LogP contribution in [0.1, 0.15) is 12.5 Å². The smallest absolute Gasteiger partial charge is 0.131 e. The van der Waals surface area contributed by atoms with E-state index < -0.39 is 0 Å². The maximum Gasteiger partial charge on any atom is 0.131 e. The van der Waals surface area contributed by atoms with Gasteiger partial charge in [-0.3, -0.25) is 0 Å². The molecule has 0 spiro atoms. The summed E-state index contributed by atoms with van der Waals surface area (Å²) in [6.45, 7) is 6.98. The van der Waals surface area contributed by atoms with Gasteiger partial charge in [0.05, 0.1) is 0 Å². The van der Waals surface area contributed by atoms with Crippen LogP contribution in [0.4, 0.5) is 5.82 Å². The number of anilines is 1. The van der Waals surface area contributed by atoms with Crippen LogP contribution in [0.15, 0.2) is 12.1 Å². The molecular weight excluding hydrogens is 210 g/mol. The predicted octanol–water partition coefficient (Wildman–Crippen LogP) is 2.09. The van der Waals surface area contributed by atoms with Gasteiger partial charge in [-0.25, -0.2) is 4.98 Å². The molecule has 1 heterocycles. The van der Waals surface area contributed by atoms with E-state index in [0.29, 0.717) is 5.15 Å². The molecule has 0 unspecified atom stereocenters. The second kappa shape index (κ2) is 5.93. The molecule has 0 radical (unpaired) electrons. The highest BCUT2D eigenvalue weighted by atomic mass is 35.5. The van der Waals surface area contributed by atoms with Crippen molar-refractivity contribution in [1.29, 1.82) is 0 Å². The molecule has 0 aromatic carbocycles. The number of halogens is 1. The third-order valence-electron chi connectivity index (χ3n) is 2.26. The summed E-state index contributed by atoms with van der Waals surface area (Å²) in [6, 6.07) is 3.93. The maximum absolute atomic E-state index is 5.93. The van der Waals surface area contributed by atoms with Crippen molar-refractivity contribution in [3.05, 3.63) is 22.8 Å². The molecule has 0 saturated heterocycles. The molecule has 0 aliphatic heterocycles. The van der Waals surface area contributed by atoms with Gasteiger partial charge in [0, 0.05) is 19.6 Å². The van der Waals surface area contributed by atoms with Gasteiger partial charge in [-0.05, 0) is 38.6 Å². The third-order valence-corrected chi connectivity index (χ3v) is 2.46. The van der Waals surface area contributed by atoms with Crippen LogP contribution in [0, 0.1) is 6.92 Å². The molecule has 1 aromatic heterocycles. The standard InChI is InChI=1S/C11H18ClN3/c1-4-15(6-5-13-3)11-8-9(2)7-10(12)14-11/h7-8,13H,4-6H2,1-3H3. The Morgan fingerprint density at radius 2 is 2.20 bits per heavy atom. The van der Waals surface area contributed by atoms with Crippen LogP contribution in [0.25, 0.3) is 0 Å². The molecule has 0 saturated carbocycles. The minimum Gasteiger partial charge on any atom is -0.356 e. The molecule has 0 aliphatic carbocycles. The zero-order valence-corrected chi connectivity index (χ0v) is 10.3. The SMILES string of the molecule is CCN(CCNC)c1cc(C)cc(Cl)n1. The summed E-state index contributed by atoms with van der Waals surface area (Å²) in [5.41, 5.74) is 1.15. The lowest BCUT2D eigenvalue weighted by atomic mass is 10.3. The Morgan fingerprint density at radius 3 is 2.73 bits per heavy atom. The molecular formula is C11H18ClN3. The van der Waals surface area contributed by atoms with Crippen LogP contribution in [0.3, 0.4) is 0 Å².